The number of carboxylic acid groups (broad SMARTS) is 2. The molecule has 0 unspecified atom stereocenters. The molecule has 0 bridgehead atoms. The molecule has 0 radical (unpaired) electrons. The Hall–Kier alpha value is -1.79. The molecule has 0 saturated heterocycles. The first-order valence-corrected chi connectivity index (χ1v) is 5.89. The second kappa shape index (κ2) is 6.23. The maximum Gasteiger partial charge on any atom is 0.326 e. The minimum atomic E-state index is -1.39. The first kappa shape index (κ1) is 14.3. The van der Waals surface area contributed by atoms with Gasteiger partial charge in [0.05, 0.1) is 6.42 Å². The van der Waals surface area contributed by atoms with Gasteiger partial charge in [0.1, 0.15) is 6.04 Å². The second-order valence-electron chi connectivity index (χ2n) is 4.49. The van der Waals surface area contributed by atoms with E-state index in [4.69, 9.17) is 10.2 Å². The number of rotatable bonds is 5. The van der Waals surface area contributed by atoms with Crippen molar-refractivity contribution in [2.24, 2.45) is 0 Å². The molecule has 0 heterocycles. The number of carboxylic acids is 2. The van der Waals surface area contributed by atoms with Gasteiger partial charge in [-0.1, -0.05) is 12.8 Å². The van der Waals surface area contributed by atoms with E-state index in [-0.39, 0.29) is 6.04 Å². The van der Waals surface area contributed by atoms with Crippen LogP contribution >= 0.6 is 0 Å². The number of nitrogens with one attached hydrogen (secondary N) is 1. The Morgan fingerprint density at radius 3 is 2.28 bits per heavy atom. The molecule has 1 fully saturated rings. The van der Waals surface area contributed by atoms with Gasteiger partial charge in [0.25, 0.3) is 0 Å². The van der Waals surface area contributed by atoms with E-state index in [1.807, 2.05) is 0 Å². The average molecular weight is 258 g/mol. The first-order valence-electron chi connectivity index (χ1n) is 5.89. The molecule has 1 saturated carbocycles. The third-order valence-electron chi connectivity index (χ3n) is 3.17. The number of urea groups is 1. The van der Waals surface area contributed by atoms with Gasteiger partial charge in [-0.15, -0.1) is 0 Å². The van der Waals surface area contributed by atoms with Gasteiger partial charge in [-0.3, -0.25) is 4.79 Å². The maximum absolute atomic E-state index is 11.8. The van der Waals surface area contributed by atoms with Gasteiger partial charge in [0.15, 0.2) is 0 Å². The molecule has 0 aromatic carbocycles. The van der Waals surface area contributed by atoms with Crippen LogP contribution in [0.1, 0.15) is 32.1 Å². The topological polar surface area (TPSA) is 107 Å². The molecule has 7 heteroatoms. The second-order valence-corrected chi connectivity index (χ2v) is 4.49. The summed E-state index contributed by atoms with van der Waals surface area (Å²) in [5.74, 6) is -2.60. The highest BCUT2D eigenvalue weighted by Crippen LogP contribution is 2.22. The van der Waals surface area contributed by atoms with Crippen molar-refractivity contribution in [2.75, 3.05) is 7.05 Å². The Morgan fingerprint density at radius 1 is 1.28 bits per heavy atom. The molecule has 1 aliphatic rings. The van der Waals surface area contributed by atoms with Crippen LogP contribution in [0.25, 0.3) is 0 Å². The molecule has 18 heavy (non-hydrogen) atoms. The van der Waals surface area contributed by atoms with E-state index in [1.165, 1.54) is 4.90 Å². The Balaban J connectivity index is 2.54. The highest BCUT2D eigenvalue weighted by atomic mass is 16.4. The highest BCUT2D eigenvalue weighted by Gasteiger charge is 2.28. The van der Waals surface area contributed by atoms with Crippen molar-refractivity contribution in [2.45, 2.75) is 44.2 Å². The van der Waals surface area contributed by atoms with E-state index in [0.717, 1.165) is 25.7 Å². The molecular formula is C11H18N2O5. The molecule has 0 aromatic heterocycles. The van der Waals surface area contributed by atoms with E-state index in [2.05, 4.69) is 5.32 Å². The lowest BCUT2D eigenvalue weighted by molar-refractivity contribution is -0.145. The smallest absolute Gasteiger partial charge is 0.326 e. The van der Waals surface area contributed by atoms with Crippen LogP contribution in [0, 0.1) is 0 Å². The Bertz CT molecular complexity index is 338. The average Bonchev–Trinajstić information content (AvgIpc) is 2.79. The summed E-state index contributed by atoms with van der Waals surface area (Å²) in [6.07, 6.45) is 3.29. The van der Waals surface area contributed by atoms with Crippen LogP contribution in [0.2, 0.25) is 0 Å². The zero-order valence-corrected chi connectivity index (χ0v) is 10.3. The minimum Gasteiger partial charge on any atom is -0.481 e. The van der Waals surface area contributed by atoms with E-state index in [0.29, 0.717) is 0 Å². The molecule has 1 aliphatic carbocycles. The van der Waals surface area contributed by atoms with Crippen LogP contribution < -0.4 is 5.32 Å². The monoisotopic (exact) mass is 258 g/mol. The molecule has 1 rings (SSSR count). The van der Waals surface area contributed by atoms with E-state index in [1.54, 1.807) is 7.05 Å². The quantitative estimate of drug-likeness (QED) is 0.665. The van der Waals surface area contributed by atoms with Crippen LogP contribution in [0.5, 0.6) is 0 Å². The van der Waals surface area contributed by atoms with Crippen molar-refractivity contribution in [3.8, 4) is 0 Å². The van der Waals surface area contributed by atoms with Crippen molar-refractivity contribution in [1.82, 2.24) is 10.2 Å². The number of hydrogen-bond donors (Lipinski definition) is 3. The van der Waals surface area contributed by atoms with Crippen LogP contribution in [0.4, 0.5) is 4.79 Å². The summed E-state index contributed by atoms with van der Waals surface area (Å²) in [7, 11) is 1.60. The van der Waals surface area contributed by atoms with Crippen molar-refractivity contribution in [3.63, 3.8) is 0 Å². The summed E-state index contributed by atoms with van der Waals surface area (Å²) in [5, 5.41) is 19.6. The summed E-state index contributed by atoms with van der Waals surface area (Å²) in [6, 6.07) is -1.81. The molecule has 102 valence electrons. The van der Waals surface area contributed by atoms with Gasteiger partial charge in [0, 0.05) is 13.1 Å². The lowest BCUT2D eigenvalue weighted by Crippen LogP contribution is -2.49. The molecular weight excluding hydrogens is 240 g/mol. The molecule has 1 atom stereocenters. The number of amides is 2. The van der Waals surface area contributed by atoms with Gasteiger partial charge in [-0.05, 0) is 12.8 Å². The molecule has 0 aliphatic heterocycles. The standard InChI is InChI=1S/C11H18N2O5/c1-13(7-4-2-3-5-7)11(18)12-8(10(16)17)6-9(14)15/h7-8H,2-6H2,1H3,(H,12,18)(H,14,15)(H,16,17)/t8-/m1/s1. The zero-order valence-electron chi connectivity index (χ0n) is 10.3. The highest BCUT2D eigenvalue weighted by molar-refractivity contribution is 5.86. The fourth-order valence-electron chi connectivity index (χ4n) is 2.08. The maximum atomic E-state index is 11.8. The summed E-state index contributed by atoms with van der Waals surface area (Å²) < 4.78 is 0. The van der Waals surface area contributed by atoms with E-state index < -0.39 is 30.4 Å². The molecule has 3 N–H and O–H groups in total. The van der Waals surface area contributed by atoms with Crippen LogP contribution in [0.15, 0.2) is 0 Å². The predicted molar refractivity (Wildman–Crippen MR) is 62.2 cm³/mol. The fraction of sp³-hybridized carbons (Fsp3) is 0.727. The summed E-state index contributed by atoms with van der Waals surface area (Å²) in [6.45, 7) is 0. The zero-order chi connectivity index (χ0) is 13.7. The third-order valence-corrected chi connectivity index (χ3v) is 3.17. The minimum absolute atomic E-state index is 0.115. The molecule has 2 amide bonds. The van der Waals surface area contributed by atoms with Gasteiger partial charge in [-0.25, -0.2) is 9.59 Å². The molecule has 0 aromatic rings. The fourth-order valence-corrected chi connectivity index (χ4v) is 2.08. The van der Waals surface area contributed by atoms with Gasteiger partial charge in [0.2, 0.25) is 0 Å². The largest absolute Gasteiger partial charge is 0.481 e. The summed E-state index contributed by atoms with van der Waals surface area (Å²) in [4.78, 5) is 34.6. The Kier molecular flexibility index (Phi) is 4.94. The number of carbonyl (C=O) groups excluding carboxylic acids is 1. The lowest BCUT2D eigenvalue weighted by Gasteiger charge is -2.26. The third kappa shape index (κ3) is 3.90. The predicted octanol–water partition coefficient (Wildman–Crippen LogP) is 0.498. The Labute approximate surface area is 105 Å². The van der Waals surface area contributed by atoms with Gasteiger partial charge < -0.3 is 20.4 Å². The van der Waals surface area contributed by atoms with Crippen molar-refractivity contribution < 1.29 is 24.6 Å². The normalized spacial score (nSPS) is 17.2. The van der Waals surface area contributed by atoms with E-state index in [9.17, 15) is 14.4 Å². The lowest BCUT2D eigenvalue weighted by atomic mass is 10.2. The number of carbonyl (C=O) groups is 3. The molecule has 0 spiro atoms. The Morgan fingerprint density at radius 2 is 1.83 bits per heavy atom. The number of hydrogen-bond acceptors (Lipinski definition) is 3. The van der Waals surface area contributed by atoms with Crippen molar-refractivity contribution in [1.29, 1.82) is 0 Å². The van der Waals surface area contributed by atoms with Crippen LogP contribution in [-0.4, -0.2) is 52.2 Å². The van der Waals surface area contributed by atoms with Crippen LogP contribution in [0.3, 0.4) is 0 Å². The van der Waals surface area contributed by atoms with Crippen LogP contribution in [-0.2, 0) is 9.59 Å². The van der Waals surface area contributed by atoms with Crippen molar-refractivity contribution >= 4 is 18.0 Å². The molecule has 7 nitrogen and oxygen atoms in total. The first-order chi connectivity index (χ1) is 8.41. The summed E-state index contributed by atoms with van der Waals surface area (Å²) in [5.41, 5.74) is 0. The van der Waals surface area contributed by atoms with Gasteiger partial charge >= 0.3 is 18.0 Å². The van der Waals surface area contributed by atoms with Crippen molar-refractivity contribution in [3.05, 3.63) is 0 Å². The SMILES string of the molecule is CN(C(=O)N[C@H](CC(=O)O)C(=O)O)C1CCCC1. The summed E-state index contributed by atoms with van der Waals surface area (Å²) >= 11 is 0. The number of nitrogens with zero attached hydrogens (tertiary/aromatic N) is 1. The van der Waals surface area contributed by atoms with E-state index >= 15 is 0 Å². The number of aliphatic carboxylic acids is 2. The van der Waals surface area contributed by atoms with Gasteiger partial charge in [-0.2, -0.15) is 0 Å².